The molecule has 4 aromatic rings. The highest BCUT2D eigenvalue weighted by atomic mass is 32.1. The summed E-state index contributed by atoms with van der Waals surface area (Å²) in [7, 11) is 0. The van der Waals surface area contributed by atoms with Gasteiger partial charge in [-0.25, -0.2) is 4.79 Å². The van der Waals surface area contributed by atoms with Crippen LogP contribution in [0.1, 0.15) is 28.5 Å². The molecule has 0 aliphatic heterocycles. The second-order valence-electron chi connectivity index (χ2n) is 8.42. The lowest BCUT2D eigenvalue weighted by atomic mass is 10.1. The Bertz CT molecular complexity index is 1420. The van der Waals surface area contributed by atoms with Crippen LogP contribution >= 0.6 is 11.3 Å². The fourth-order valence-electron chi connectivity index (χ4n) is 4.14. The quantitative estimate of drug-likeness (QED) is 0.385. The van der Waals surface area contributed by atoms with Crippen molar-refractivity contribution in [3.8, 4) is 0 Å². The van der Waals surface area contributed by atoms with E-state index in [4.69, 9.17) is 0 Å². The van der Waals surface area contributed by atoms with Gasteiger partial charge >= 0.3 is 5.69 Å². The van der Waals surface area contributed by atoms with Gasteiger partial charge in [-0.1, -0.05) is 60.7 Å². The fourth-order valence-corrected chi connectivity index (χ4v) is 5.28. The van der Waals surface area contributed by atoms with E-state index in [1.807, 2.05) is 81.4 Å². The molecule has 1 amide bonds. The van der Waals surface area contributed by atoms with Crippen molar-refractivity contribution in [3.05, 3.63) is 103 Å². The first-order valence-corrected chi connectivity index (χ1v) is 12.3. The summed E-state index contributed by atoms with van der Waals surface area (Å²) in [6, 6.07) is 19.6. The van der Waals surface area contributed by atoms with E-state index in [9.17, 15) is 14.4 Å². The number of benzene rings is 2. The standard InChI is InChI=1S/C27H29N3O3S/c1-4-28(17-22-13-9-6-10-14-22)23(31)18-30-26-24(19(2)20(3)34-26)25(32)29(27(30)33)16-15-21-11-7-5-8-12-21/h5-14H,4,15-18H2,1-3H3. The van der Waals surface area contributed by atoms with Crippen LogP contribution in [0.5, 0.6) is 0 Å². The highest BCUT2D eigenvalue weighted by molar-refractivity contribution is 7.18. The second-order valence-corrected chi connectivity index (χ2v) is 9.62. The van der Waals surface area contributed by atoms with Crippen LogP contribution in [0.15, 0.2) is 70.3 Å². The zero-order valence-electron chi connectivity index (χ0n) is 19.8. The molecule has 0 aliphatic carbocycles. The summed E-state index contributed by atoms with van der Waals surface area (Å²) in [6.45, 7) is 6.95. The van der Waals surface area contributed by atoms with Crippen molar-refractivity contribution in [1.29, 1.82) is 0 Å². The summed E-state index contributed by atoms with van der Waals surface area (Å²) in [5.74, 6) is -0.147. The number of likely N-dealkylation sites (N-methyl/N-ethyl adjacent to an activating group) is 1. The monoisotopic (exact) mass is 475 g/mol. The van der Waals surface area contributed by atoms with Crippen molar-refractivity contribution >= 4 is 27.5 Å². The van der Waals surface area contributed by atoms with E-state index in [-0.39, 0.29) is 24.6 Å². The molecule has 0 aliphatic rings. The summed E-state index contributed by atoms with van der Waals surface area (Å²) in [5, 5.41) is 0.536. The van der Waals surface area contributed by atoms with Crippen molar-refractivity contribution in [2.24, 2.45) is 0 Å². The van der Waals surface area contributed by atoms with Gasteiger partial charge in [0.05, 0.1) is 5.39 Å². The average Bonchev–Trinajstić information content (AvgIpc) is 3.15. The Balaban J connectivity index is 1.72. The molecule has 0 spiro atoms. The van der Waals surface area contributed by atoms with Crippen LogP contribution < -0.4 is 11.2 Å². The molecule has 0 atom stereocenters. The van der Waals surface area contributed by atoms with Crippen LogP contribution in [0.2, 0.25) is 0 Å². The lowest BCUT2D eigenvalue weighted by molar-refractivity contribution is -0.132. The minimum atomic E-state index is -0.432. The summed E-state index contributed by atoms with van der Waals surface area (Å²) in [5.41, 5.74) is 2.24. The maximum Gasteiger partial charge on any atom is 0.332 e. The van der Waals surface area contributed by atoms with E-state index in [0.29, 0.717) is 29.7 Å². The summed E-state index contributed by atoms with van der Waals surface area (Å²) >= 11 is 1.40. The van der Waals surface area contributed by atoms with Crippen LogP contribution in [0.4, 0.5) is 0 Å². The Labute approximate surface area is 202 Å². The van der Waals surface area contributed by atoms with Crippen LogP contribution in [-0.4, -0.2) is 26.5 Å². The molecule has 2 heterocycles. The number of thiophene rings is 1. The predicted molar refractivity (Wildman–Crippen MR) is 137 cm³/mol. The molecule has 176 valence electrons. The van der Waals surface area contributed by atoms with Crippen molar-refractivity contribution in [2.45, 2.75) is 46.8 Å². The maximum atomic E-state index is 13.5. The fraction of sp³-hybridized carbons (Fsp3) is 0.296. The van der Waals surface area contributed by atoms with Gasteiger partial charge in [-0.3, -0.25) is 18.7 Å². The van der Waals surface area contributed by atoms with E-state index in [1.54, 1.807) is 4.90 Å². The number of hydrogen-bond donors (Lipinski definition) is 0. The molecule has 0 N–H and O–H groups in total. The molecule has 4 rings (SSSR count). The number of amides is 1. The molecule has 2 aromatic carbocycles. The smallest absolute Gasteiger partial charge is 0.332 e. The number of nitrogens with zero attached hydrogens (tertiary/aromatic N) is 3. The molecule has 0 radical (unpaired) electrons. The number of aryl methyl sites for hydroxylation is 3. The highest BCUT2D eigenvalue weighted by Gasteiger charge is 2.22. The number of carbonyl (C=O) groups is 1. The summed E-state index contributed by atoms with van der Waals surface area (Å²) in [4.78, 5) is 43.4. The normalized spacial score (nSPS) is 11.1. The van der Waals surface area contributed by atoms with Crippen molar-refractivity contribution in [1.82, 2.24) is 14.0 Å². The SMILES string of the molecule is CCN(Cc1ccccc1)C(=O)Cn1c(=O)n(CCc2ccccc2)c(=O)c2c(C)c(C)sc21. The van der Waals surface area contributed by atoms with E-state index in [2.05, 4.69) is 0 Å². The van der Waals surface area contributed by atoms with Gasteiger partial charge in [0.15, 0.2) is 0 Å². The molecule has 7 heteroatoms. The van der Waals surface area contributed by atoms with Gasteiger partial charge in [0.1, 0.15) is 11.4 Å². The minimum Gasteiger partial charge on any atom is -0.337 e. The van der Waals surface area contributed by atoms with Crippen molar-refractivity contribution in [3.63, 3.8) is 0 Å². The topological polar surface area (TPSA) is 64.3 Å². The molecule has 0 bridgehead atoms. The van der Waals surface area contributed by atoms with E-state index in [0.717, 1.165) is 21.6 Å². The van der Waals surface area contributed by atoms with Crippen LogP contribution in [-0.2, 0) is 30.8 Å². The molecule has 0 saturated carbocycles. The van der Waals surface area contributed by atoms with E-state index >= 15 is 0 Å². The third kappa shape index (κ3) is 4.75. The van der Waals surface area contributed by atoms with E-state index < -0.39 is 5.69 Å². The molecule has 34 heavy (non-hydrogen) atoms. The van der Waals surface area contributed by atoms with Crippen molar-refractivity contribution in [2.75, 3.05) is 6.54 Å². The van der Waals surface area contributed by atoms with E-state index in [1.165, 1.54) is 20.5 Å². The van der Waals surface area contributed by atoms with Crippen LogP contribution in [0, 0.1) is 13.8 Å². The Hall–Kier alpha value is -3.45. The molecular weight excluding hydrogens is 446 g/mol. The first-order valence-electron chi connectivity index (χ1n) is 11.5. The van der Waals surface area contributed by atoms with Gasteiger partial charge in [0.2, 0.25) is 5.91 Å². The molecular formula is C27H29N3O3S. The minimum absolute atomic E-state index is 0.0962. The van der Waals surface area contributed by atoms with Gasteiger partial charge in [-0.05, 0) is 43.9 Å². The maximum absolute atomic E-state index is 13.5. The first kappa shape index (κ1) is 23.7. The van der Waals surface area contributed by atoms with Gasteiger partial charge in [-0.2, -0.15) is 0 Å². The van der Waals surface area contributed by atoms with Gasteiger partial charge in [-0.15, -0.1) is 11.3 Å². The second kappa shape index (κ2) is 10.2. The number of rotatable bonds is 8. The van der Waals surface area contributed by atoms with Gasteiger partial charge in [0, 0.05) is 24.5 Å². The number of aromatic nitrogens is 2. The summed E-state index contributed by atoms with van der Waals surface area (Å²) < 4.78 is 2.78. The van der Waals surface area contributed by atoms with Crippen molar-refractivity contribution < 1.29 is 4.79 Å². The third-order valence-electron chi connectivity index (χ3n) is 6.24. The molecule has 0 unspecified atom stereocenters. The molecule has 2 aromatic heterocycles. The highest BCUT2D eigenvalue weighted by Crippen LogP contribution is 2.27. The summed E-state index contributed by atoms with van der Waals surface area (Å²) in [6.07, 6.45) is 0.562. The lowest BCUT2D eigenvalue weighted by Crippen LogP contribution is -2.43. The predicted octanol–water partition coefficient (Wildman–Crippen LogP) is 4.13. The Morgan fingerprint density at radius 1 is 0.912 bits per heavy atom. The number of carbonyl (C=O) groups excluding carboxylic acids is 1. The Morgan fingerprint density at radius 3 is 2.15 bits per heavy atom. The third-order valence-corrected chi connectivity index (χ3v) is 7.47. The lowest BCUT2D eigenvalue weighted by Gasteiger charge is -2.22. The largest absolute Gasteiger partial charge is 0.337 e. The zero-order chi connectivity index (χ0) is 24.2. The first-order chi connectivity index (χ1) is 16.4. The average molecular weight is 476 g/mol. The molecule has 0 saturated heterocycles. The Kier molecular flexibility index (Phi) is 7.12. The van der Waals surface area contributed by atoms with Gasteiger partial charge < -0.3 is 4.90 Å². The number of hydrogen-bond acceptors (Lipinski definition) is 4. The van der Waals surface area contributed by atoms with Gasteiger partial charge in [0.25, 0.3) is 5.56 Å². The molecule has 6 nitrogen and oxygen atoms in total. The Morgan fingerprint density at radius 2 is 1.53 bits per heavy atom. The zero-order valence-corrected chi connectivity index (χ0v) is 20.6. The molecule has 0 fully saturated rings. The van der Waals surface area contributed by atoms with Crippen LogP contribution in [0.25, 0.3) is 10.2 Å². The van der Waals surface area contributed by atoms with Crippen LogP contribution in [0.3, 0.4) is 0 Å². The number of fused-ring (bicyclic) bond motifs is 1.